The van der Waals surface area contributed by atoms with Gasteiger partial charge in [0.15, 0.2) is 0 Å². The van der Waals surface area contributed by atoms with Gasteiger partial charge < -0.3 is 10.2 Å². The molecule has 0 spiro atoms. The molecule has 0 radical (unpaired) electrons. The minimum atomic E-state index is -3.64. The number of nitrogens with zero attached hydrogens (tertiary/aromatic N) is 1. The van der Waals surface area contributed by atoms with Crippen LogP contribution >= 0.6 is 0 Å². The van der Waals surface area contributed by atoms with E-state index in [1.54, 1.807) is 18.2 Å². The lowest BCUT2D eigenvalue weighted by Crippen LogP contribution is -2.40. The monoisotopic (exact) mass is 391 g/mol. The van der Waals surface area contributed by atoms with Gasteiger partial charge in [-0.05, 0) is 42.4 Å². The first kappa shape index (κ1) is 21.3. The van der Waals surface area contributed by atoms with Gasteiger partial charge in [-0.1, -0.05) is 44.2 Å². The molecule has 0 saturated carbocycles. The molecule has 2 aromatic rings. The molecule has 2 rings (SSSR count). The summed E-state index contributed by atoms with van der Waals surface area (Å²) >= 11 is 0. The number of hydrogen-bond acceptors (Lipinski definition) is 4. The molecular formula is C20H29N3O3S. The van der Waals surface area contributed by atoms with Crippen LogP contribution in [0.15, 0.2) is 47.4 Å². The molecule has 0 aliphatic heterocycles. The van der Waals surface area contributed by atoms with Crippen molar-refractivity contribution in [3.63, 3.8) is 0 Å². The zero-order valence-electron chi connectivity index (χ0n) is 16.5. The fourth-order valence-electron chi connectivity index (χ4n) is 3.06. The van der Waals surface area contributed by atoms with Crippen molar-refractivity contribution in [2.45, 2.75) is 25.2 Å². The first-order valence-electron chi connectivity index (χ1n) is 8.99. The highest BCUT2D eigenvalue weighted by Crippen LogP contribution is 2.18. The van der Waals surface area contributed by atoms with Gasteiger partial charge in [-0.25, -0.2) is 13.1 Å². The lowest BCUT2D eigenvalue weighted by atomic mass is 9.93. The van der Waals surface area contributed by atoms with Gasteiger partial charge in [-0.2, -0.15) is 0 Å². The van der Waals surface area contributed by atoms with Gasteiger partial charge in [0.25, 0.3) is 0 Å². The molecule has 27 heavy (non-hydrogen) atoms. The Balaban J connectivity index is 1.86. The number of nitrogens with one attached hydrogen (secondary N) is 2. The van der Waals surface area contributed by atoms with E-state index >= 15 is 0 Å². The zero-order chi connectivity index (χ0) is 20.1. The van der Waals surface area contributed by atoms with Crippen molar-refractivity contribution in [3.8, 4) is 0 Å². The molecule has 0 aliphatic carbocycles. The topological polar surface area (TPSA) is 78.5 Å². The van der Waals surface area contributed by atoms with Gasteiger partial charge in [0.1, 0.15) is 0 Å². The van der Waals surface area contributed by atoms with E-state index in [4.69, 9.17) is 0 Å². The molecule has 2 aromatic carbocycles. The van der Waals surface area contributed by atoms with E-state index in [0.29, 0.717) is 6.54 Å². The summed E-state index contributed by atoms with van der Waals surface area (Å²) in [5.74, 6) is -0.164. The number of amides is 1. The fourth-order valence-corrected chi connectivity index (χ4v) is 4.12. The molecule has 0 aliphatic rings. The second-order valence-corrected chi connectivity index (χ2v) is 9.60. The van der Waals surface area contributed by atoms with Crippen LogP contribution in [0.3, 0.4) is 0 Å². The second-order valence-electron chi connectivity index (χ2n) is 7.84. The van der Waals surface area contributed by atoms with Crippen molar-refractivity contribution in [2.24, 2.45) is 5.41 Å². The van der Waals surface area contributed by atoms with Crippen molar-refractivity contribution in [3.05, 3.63) is 42.5 Å². The van der Waals surface area contributed by atoms with Crippen molar-refractivity contribution in [1.29, 1.82) is 0 Å². The van der Waals surface area contributed by atoms with Crippen LogP contribution in [-0.2, 0) is 14.8 Å². The quantitative estimate of drug-likeness (QED) is 0.687. The number of fused-ring (bicyclic) bond motifs is 1. The highest BCUT2D eigenvalue weighted by molar-refractivity contribution is 7.89. The van der Waals surface area contributed by atoms with E-state index in [1.165, 1.54) is 0 Å². The average molecular weight is 392 g/mol. The standard InChI is InChI=1S/C20H29N3O3S/c1-20(2,15-23(3)4)14-21-19(24)11-12-22-27(25,26)18-10-9-16-7-5-6-8-17(16)13-18/h5-10,13,22H,11-12,14-15H2,1-4H3,(H,21,24). The average Bonchev–Trinajstić information content (AvgIpc) is 2.58. The molecule has 0 bridgehead atoms. The van der Waals surface area contributed by atoms with E-state index in [9.17, 15) is 13.2 Å². The summed E-state index contributed by atoms with van der Waals surface area (Å²) in [7, 11) is 0.339. The van der Waals surface area contributed by atoms with Crippen LogP contribution in [0.1, 0.15) is 20.3 Å². The molecular weight excluding hydrogens is 362 g/mol. The number of carbonyl (C=O) groups is 1. The summed E-state index contributed by atoms with van der Waals surface area (Å²) in [6.07, 6.45) is 0.102. The molecule has 0 atom stereocenters. The van der Waals surface area contributed by atoms with Crippen molar-refractivity contribution >= 4 is 26.7 Å². The summed E-state index contributed by atoms with van der Waals surface area (Å²) in [6, 6.07) is 12.6. The minimum absolute atomic E-state index is 0.0518. The highest BCUT2D eigenvalue weighted by Gasteiger charge is 2.20. The first-order valence-corrected chi connectivity index (χ1v) is 10.5. The Kier molecular flexibility index (Phi) is 6.97. The lowest BCUT2D eigenvalue weighted by molar-refractivity contribution is -0.121. The molecule has 7 heteroatoms. The van der Waals surface area contributed by atoms with Crippen LogP contribution in [0, 0.1) is 5.41 Å². The molecule has 1 amide bonds. The molecule has 0 fully saturated rings. The maximum atomic E-state index is 12.4. The van der Waals surface area contributed by atoms with Crippen LogP contribution in [0.4, 0.5) is 0 Å². The molecule has 0 aromatic heterocycles. The van der Waals surface area contributed by atoms with E-state index < -0.39 is 10.0 Å². The molecule has 0 saturated heterocycles. The third-order valence-corrected chi connectivity index (χ3v) is 5.64. The molecule has 148 valence electrons. The first-order chi connectivity index (χ1) is 12.6. The summed E-state index contributed by atoms with van der Waals surface area (Å²) in [4.78, 5) is 14.3. The Hall–Kier alpha value is -1.96. The van der Waals surface area contributed by atoms with Crippen LogP contribution in [0.2, 0.25) is 0 Å². The van der Waals surface area contributed by atoms with Crippen LogP contribution in [0.5, 0.6) is 0 Å². The van der Waals surface area contributed by atoms with Crippen molar-refractivity contribution in [1.82, 2.24) is 14.9 Å². The van der Waals surface area contributed by atoms with Crippen LogP contribution < -0.4 is 10.0 Å². The second kappa shape index (κ2) is 8.82. The summed E-state index contributed by atoms with van der Waals surface area (Å²) in [5.41, 5.74) is -0.0518. The Bertz CT molecular complexity index is 892. The van der Waals surface area contributed by atoms with Gasteiger partial charge in [-0.15, -0.1) is 0 Å². The van der Waals surface area contributed by atoms with Gasteiger partial charge in [0.05, 0.1) is 4.90 Å². The molecule has 6 nitrogen and oxygen atoms in total. The van der Waals surface area contributed by atoms with E-state index in [-0.39, 0.29) is 29.2 Å². The van der Waals surface area contributed by atoms with E-state index in [0.717, 1.165) is 17.3 Å². The predicted octanol–water partition coefficient (Wildman–Crippen LogP) is 2.21. The molecule has 0 heterocycles. The predicted molar refractivity (Wildman–Crippen MR) is 109 cm³/mol. The number of rotatable bonds is 9. The van der Waals surface area contributed by atoms with Crippen LogP contribution in [0.25, 0.3) is 10.8 Å². The summed E-state index contributed by atoms with van der Waals surface area (Å²) < 4.78 is 27.4. The Labute approximate surface area is 162 Å². The van der Waals surface area contributed by atoms with Gasteiger partial charge >= 0.3 is 0 Å². The zero-order valence-corrected chi connectivity index (χ0v) is 17.3. The van der Waals surface area contributed by atoms with E-state index in [1.807, 2.05) is 38.4 Å². The van der Waals surface area contributed by atoms with Gasteiger partial charge in [-0.3, -0.25) is 4.79 Å². The minimum Gasteiger partial charge on any atom is -0.355 e. The van der Waals surface area contributed by atoms with Crippen LogP contribution in [-0.4, -0.2) is 53.0 Å². The summed E-state index contributed by atoms with van der Waals surface area (Å²) in [5, 5.41) is 4.72. The third-order valence-electron chi connectivity index (χ3n) is 4.18. The largest absolute Gasteiger partial charge is 0.355 e. The van der Waals surface area contributed by atoms with Gasteiger partial charge in [0, 0.05) is 26.1 Å². The number of carbonyl (C=O) groups excluding carboxylic acids is 1. The highest BCUT2D eigenvalue weighted by atomic mass is 32.2. The van der Waals surface area contributed by atoms with E-state index in [2.05, 4.69) is 28.8 Å². The number of sulfonamides is 1. The Morgan fingerprint density at radius 3 is 2.41 bits per heavy atom. The SMILES string of the molecule is CN(C)CC(C)(C)CNC(=O)CCNS(=O)(=O)c1ccc2ccccc2c1. The third kappa shape index (κ3) is 6.61. The Morgan fingerprint density at radius 2 is 1.74 bits per heavy atom. The smallest absolute Gasteiger partial charge is 0.240 e. The fraction of sp³-hybridized carbons (Fsp3) is 0.450. The maximum Gasteiger partial charge on any atom is 0.240 e. The van der Waals surface area contributed by atoms with Crippen molar-refractivity contribution < 1.29 is 13.2 Å². The molecule has 0 unspecified atom stereocenters. The normalized spacial score (nSPS) is 12.5. The summed E-state index contributed by atoms with van der Waals surface area (Å²) in [6.45, 7) is 5.61. The molecule has 2 N–H and O–H groups in total. The Morgan fingerprint density at radius 1 is 1.07 bits per heavy atom. The van der Waals surface area contributed by atoms with Crippen molar-refractivity contribution in [2.75, 3.05) is 33.7 Å². The number of benzene rings is 2. The lowest BCUT2D eigenvalue weighted by Gasteiger charge is -2.28. The maximum absolute atomic E-state index is 12.4. The number of hydrogen-bond donors (Lipinski definition) is 2. The van der Waals surface area contributed by atoms with Gasteiger partial charge in [0.2, 0.25) is 15.9 Å².